The third-order valence-corrected chi connectivity index (χ3v) is 3.82. The summed E-state index contributed by atoms with van der Waals surface area (Å²) in [6.07, 6.45) is 1.28. The predicted octanol–water partition coefficient (Wildman–Crippen LogP) is 1.52. The number of thiophene rings is 1. The first-order valence-electron chi connectivity index (χ1n) is 5.63. The molecule has 1 amide bonds. The van der Waals surface area contributed by atoms with Crippen LogP contribution in [0.25, 0.3) is 0 Å². The van der Waals surface area contributed by atoms with Crippen LogP contribution in [0.4, 0.5) is 0 Å². The maximum atomic E-state index is 11.7. The molecule has 1 aromatic rings. The summed E-state index contributed by atoms with van der Waals surface area (Å²) in [6.45, 7) is 1.94. The summed E-state index contributed by atoms with van der Waals surface area (Å²) in [4.78, 5) is 23.6. The van der Waals surface area contributed by atoms with Crippen molar-refractivity contribution in [1.82, 2.24) is 5.32 Å². The van der Waals surface area contributed by atoms with Gasteiger partial charge < -0.3 is 10.4 Å². The molecule has 1 saturated carbocycles. The number of carbonyl (C=O) groups is 2. The Balaban J connectivity index is 1.78. The minimum atomic E-state index is -0.865. The first kappa shape index (κ1) is 12.1. The lowest BCUT2D eigenvalue weighted by Gasteiger charge is -2.12. The highest BCUT2D eigenvalue weighted by Crippen LogP contribution is 2.38. The molecular weight excluding hydrogens is 238 g/mol. The van der Waals surface area contributed by atoms with Crippen molar-refractivity contribution < 1.29 is 14.7 Å². The predicted molar refractivity (Wildman–Crippen MR) is 64.9 cm³/mol. The minimum Gasteiger partial charge on any atom is -0.481 e. The number of hydrogen-bond acceptors (Lipinski definition) is 3. The first-order valence-corrected chi connectivity index (χ1v) is 6.51. The number of rotatable bonds is 5. The average molecular weight is 253 g/mol. The van der Waals surface area contributed by atoms with E-state index in [2.05, 4.69) is 5.32 Å². The van der Waals surface area contributed by atoms with Gasteiger partial charge in [-0.05, 0) is 24.8 Å². The van der Waals surface area contributed by atoms with Crippen molar-refractivity contribution in [3.63, 3.8) is 0 Å². The second kappa shape index (κ2) is 4.87. The van der Waals surface area contributed by atoms with Crippen molar-refractivity contribution in [2.75, 3.05) is 0 Å². The molecule has 1 aromatic heterocycles. The van der Waals surface area contributed by atoms with Crippen LogP contribution in [-0.4, -0.2) is 23.0 Å². The summed E-state index contributed by atoms with van der Waals surface area (Å²) in [5, 5.41) is 13.6. The molecule has 1 heterocycles. The van der Waals surface area contributed by atoms with Crippen LogP contribution in [0.2, 0.25) is 0 Å². The molecule has 1 aliphatic carbocycles. The van der Waals surface area contributed by atoms with Gasteiger partial charge in [-0.25, -0.2) is 0 Å². The molecule has 0 aromatic carbocycles. The molecule has 0 bridgehead atoms. The van der Waals surface area contributed by atoms with E-state index < -0.39 is 11.9 Å². The average Bonchev–Trinajstić information content (AvgIpc) is 2.92. The molecule has 0 unspecified atom stereocenters. The maximum absolute atomic E-state index is 11.7. The van der Waals surface area contributed by atoms with E-state index in [9.17, 15) is 9.59 Å². The van der Waals surface area contributed by atoms with E-state index >= 15 is 0 Å². The van der Waals surface area contributed by atoms with Gasteiger partial charge in [0.1, 0.15) is 0 Å². The molecule has 5 heteroatoms. The Morgan fingerprint density at radius 3 is 2.88 bits per heavy atom. The van der Waals surface area contributed by atoms with Gasteiger partial charge in [0.25, 0.3) is 0 Å². The van der Waals surface area contributed by atoms with Crippen molar-refractivity contribution in [2.45, 2.75) is 25.8 Å². The van der Waals surface area contributed by atoms with E-state index in [1.54, 1.807) is 11.3 Å². The zero-order valence-corrected chi connectivity index (χ0v) is 10.4. The SMILES string of the molecule is C[C@H](Cc1cccs1)NC(=O)[C@@H]1C[C@@H]1C(=O)O. The summed E-state index contributed by atoms with van der Waals surface area (Å²) in [5.41, 5.74) is 0. The van der Waals surface area contributed by atoms with Crippen LogP contribution < -0.4 is 5.32 Å². The van der Waals surface area contributed by atoms with E-state index in [1.165, 1.54) is 4.88 Å². The van der Waals surface area contributed by atoms with Crippen LogP contribution >= 0.6 is 11.3 Å². The highest BCUT2D eigenvalue weighted by Gasteiger charge is 2.48. The van der Waals surface area contributed by atoms with Crippen molar-refractivity contribution >= 4 is 23.2 Å². The molecule has 0 spiro atoms. The van der Waals surface area contributed by atoms with Crippen LogP contribution in [0.1, 0.15) is 18.2 Å². The molecule has 3 atom stereocenters. The third kappa shape index (κ3) is 3.06. The zero-order chi connectivity index (χ0) is 12.4. The van der Waals surface area contributed by atoms with Crippen LogP contribution in [0.15, 0.2) is 17.5 Å². The van der Waals surface area contributed by atoms with Crippen LogP contribution in [0.5, 0.6) is 0 Å². The topological polar surface area (TPSA) is 66.4 Å². The Morgan fingerprint density at radius 1 is 1.59 bits per heavy atom. The van der Waals surface area contributed by atoms with Crippen molar-refractivity contribution in [3.05, 3.63) is 22.4 Å². The Morgan fingerprint density at radius 2 is 2.35 bits per heavy atom. The number of aliphatic carboxylic acids is 1. The van der Waals surface area contributed by atoms with E-state index in [0.717, 1.165) is 6.42 Å². The fourth-order valence-corrected chi connectivity index (χ4v) is 2.72. The van der Waals surface area contributed by atoms with Gasteiger partial charge in [0, 0.05) is 17.3 Å². The number of carboxylic acids is 1. The summed E-state index contributed by atoms with van der Waals surface area (Å²) in [7, 11) is 0. The van der Waals surface area contributed by atoms with Crippen molar-refractivity contribution in [2.24, 2.45) is 11.8 Å². The maximum Gasteiger partial charge on any atom is 0.307 e. The molecule has 1 fully saturated rings. The number of amides is 1. The molecule has 17 heavy (non-hydrogen) atoms. The van der Waals surface area contributed by atoms with Gasteiger partial charge in [0.2, 0.25) is 5.91 Å². The van der Waals surface area contributed by atoms with Gasteiger partial charge in [0.15, 0.2) is 0 Å². The Hall–Kier alpha value is -1.36. The van der Waals surface area contributed by atoms with Gasteiger partial charge in [-0.15, -0.1) is 11.3 Å². The van der Waals surface area contributed by atoms with E-state index in [4.69, 9.17) is 5.11 Å². The Bertz CT molecular complexity index is 415. The van der Waals surface area contributed by atoms with Crippen LogP contribution in [0.3, 0.4) is 0 Å². The summed E-state index contributed by atoms with van der Waals surface area (Å²) in [5.74, 6) is -1.78. The number of nitrogens with one attached hydrogen (secondary N) is 1. The second-order valence-electron chi connectivity index (χ2n) is 4.48. The van der Waals surface area contributed by atoms with E-state index in [-0.39, 0.29) is 17.9 Å². The molecular formula is C12H15NO3S. The smallest absolute Gasteiger partial charge is 0.307 e. The van der Waals surface area contributed by atoms with Crippen molar-refractivity contribution in [3.8, 4) is 0 Å². The van der Waals surface area contributed by atoms with E-state index in [1.807, 2.05) is 24.4 Å². The standard InChI is InChI=1S/C12H15NO3S/c1-7(5-8-3-2-4-17-8)13-11(14)9-6-10(9)12(15)16/h2-4,7,9-10H,5-6H2,1H3,(H,13,14)(H,15,16)/t7-,9-,10+/m1/s1. The monoisotopic (exact) mass is 253 g/mol. The lowest BCUT2D eigenvalue weighted by Crippen LogP contribution is -2.35. The molecule has 0 aliphatic heterocycles. The van der Waals surface area contributed by atoms with Gasteiger partial charge >= 0.3 is 5.97 Å². The van der Waals surface area contributed by atoms with Crippen molar-refractivity contribution in [1.29, 1.82) is 0 Å². The van der Waals surface area contributed by atoms with E-state index in [0.29, 0.717) is 6.42 Å². The fraction of sp³-hybridized carbons (Fsp3) is 0.500. The molecule has 2 N–H and O–H groups in total. The second-order valence-corrected chi connectivity index (χ2v) is 5.51. The molecule has 0 saturated heterocycles. The van der Waals surface area contributed by atoms with Gasteiger partial charge in [-0.1, -0.05) is 6.07 Å². The molecule has 1 aliphatic rings. The molecule has 4 nitrogen and oxygen atoms in total. The highest BCUT2D eigenvalue weighted by atomic mass is 32.1. The summed E-state index contributed by atoms with van der Waals surface area (Å²) in [6, 6.07) is 4.07. The molecule has 92 valence electrons. The summed E-state index contributed by atoms with van der Waals surface area (Å²) >= 11 is 1.66. The number of hydrogen-bond donors (Lipinski definition) is 2. The van der Waals surface area contributed by atoms with Crippen LogP contribution in [-0.2, 0) is 16.0 Å². The largest absolute Gasteiger partial charge is 0.481 e. The summed E-state index contributed by atoms with van der Waals surface area (Å²) < 4.78 is 0. The van der Waals surface area contributed by atoms with Crippen LogP contribution in [0, 0.1) is 11.8 Å². The quantitative estimate of drug-likeness (QED) is 0.836. The normalized spacial score (nSPS) is 24.1. The number of carbonyl (C=O) groups excluding carboxylic acids is 1. The molecule has 0 radical (unpaired) electrons. The third-order valence-electron chi connectivity index (χ3n) is 2.92. The highest BCUT2D eigenvalue weighted by molar-refractivity contribution is 7.09. The lowest BCUT2D eigenvalue weighted by molar-refractivity contribution is -0.140. The Labute approximate surface area is 104 Å². The van der Waals surface area contributed by atoms with Gasteiger partial charge in [-0.3, -0.25) is 9.59 Å². The molecule has 2 rings (SSSR count). The minimum absolute atomic E-state index is 0.0520. The number of carboxylic acid groups (broad SMARTS) is 1. The van der Waals surface area contributed by atoms with Gasteiger partial charge in [-0.2, -0.15) is 0 Å². The van der Waals surface area contributed by atoms with Gasteiger partial charge in [0.05, 0.1) is 11.8 Å². The first-order chi connectivity index (χ1) is 8.08. The Kier molecular flexibility index (Phi) is 3.47. The fourth-order valence-electron chi connectivity index (χ4n) is 1.89. The lowest BCUT2D eigenvalue weighted by atomic mass is 10.2. The zero-order valence-electron chi connectivity index (χ0n) is 9.55.